The Kier molecular flexibility index (Phi) is 6.33. The van der Waals surface area contributed by atoms with Crippen molar-refractivity contribution < 1.29 is 14.3 Å². The summed E-state index contributed by atoms with van der Waals surface area (Å²) in [6, 6.07) is 12.9. The highest BCUT2D eigenvalue weighted by Crippen LogP contribution is 2.49. The maximum atomic E-state index is 12.8. The topological polar surface area (TPSA) is 62.8 Å². The van der Waals surface area contributed by atoms with Crippen LogP contribution in [0, 0.1) is 13.8 Å². The number of methoxy groups -OCH3 is 2. The van der Waals surface area contributed by atoms with E-state index in [1.807, 2.05) is 32.0 Å². The Balaban J connectivity index is 1.49. The van der Waals surface area contributed by atoms with Crippen molar-refractivity contribution in [2.45, 2.75) is 57.0 Å². The van der Waals surface area contributed by atoms with Crippen molar-refractivity contribution in [3.05, 3.63) is 53.1 Å². The number of rotatable bonds is 5. The van der Waals surface area contributed by atoms with Crippen molar-refractivity contribution in [3.63, 3.8) is 0 Å². The van der Waals surface area contributed by atoms with Gasteiger partial charge in [0.05, 0.1) is 14.2 Å². The maximum Gasteiger partial charge on any atom is 0.319 e. The molecule has 1 aliphatic heterocycles. The molecule has 2 amide bonds. The fourth-order valence-corrected chi connectivity index (χ4v) is 5.61. The largest absolute Gasteiger partial charge is 0.493 e. The number of ether oxygens (including phenoxy) is 2. The first-order valence-corrected chi connectivity index (χ1v) is 11.4. The van der Waals surface area contributed by atoms with Crippen LogP contribution in [0.15, 0.2) is 36.4 Å². The van der Waals surface area contributed by atoms with E-state index in [1.54, 1.807) is 14.2 Å². The van der Waals surface area contributed by atoms with E-state index in [0.717, 1.165) is 60.5 Å². The first-order chi connectivity index (χ1) is 15.4. The van der Waals surface area contributed by atoms with Crippen molar-refractivity contribution in [3.8, 4) is 11.5 Å². The van der Waals surface area contributed by atoms with Crippen LogP contribution in [0.4, 0.5) is 10.5 Å². The van der Waals surface area contributed by atoms with Gasteiger partial charge < -0.3 is 25.0 Å². The van der Waals surface area contributed by atoms with Crippen LogP contribution in [0.1, 0.15) is 42.4 Å². The summed E-state index contributed by atoms with van der Waals surface area (Å²) in [5, 5.41) is 6.28. The number of likely N-dealkylation sites (tertiary alicyclic amines) is 1. The predicted octanol–water partition coefficient (Wildman–Crippen LogP) is 4.64. The van der Waals surface area contributed by atoms with Crippen LogP contribution in [0.5, 0.6) is 11.5 Å². The van der Waals surface area contributed by atoms with E-state index in [4.69, 9.17) is 9.47 Å². The number of aryl methyl sites for hydroxylation is 2. The molecule has 2 N–H and O–H groups in total. The third kappa shape index (κ3) is 4.16. The lowest BCUT2D eigenvalue weighted by Gasteiger charge is -2.45. The van der Waals surface area contributed by atoms with E-state index in [0.29, 0.717) is 6.04 Å². The molecule has 2 fully saturated rings. The van der Waals surface area contributed by atoms with Crippen molar-refractivity contribution in [2.75, 3.05) is 33.1 Å². The summed E-state index contributed by atoms with van der Waals surface area (Å²) < 4.78 is 11.0. The monoisotopic (exact) mass is 437 g/mol. The molecule has 0 bridgehead atoms. The zero-order chi connectivity index (χ0) is 22.9. The van der Waals surface area contributed by atoms with E-state index >= 15 is 0 Å². The van der Waals surface area contributed by atoms with Gasteiger partial charge in [0.1, 0.15) is 0 Å². The predicted molar refractivity (Wildman–Crippen MR) is 128 cm³/mol. The summed E-state index contributed by atoms with van der Waals surface area (Å²) >= 11 is 0. The van der Waals surface area contributed by atoms with Crippen molar-refractivity contribution >= 4 is 11.7 Å². The zero-order valence-corrected chi connectivity index (χ0v) is 19.8. The van der Waals surface area contributed by atoms with Gasteiger partial charge in [-0.1, -0.05) is 18.2 Å². The summed E-state index contributed by atoms with van der Waals surface area (Å²) in [7, 11) is 5.56. The number of hydrogen-bond acceptors (Lipinski definition) is 4. The van der Waals surface area contributed by atoms with Crippen LogP contribution >= 0.6 is 0 Å². The van der Waals surface area contributed by atoms with Crippen molar-refractivity contribution in [1.82, 2.24) is 10.2 Å². The summed E-state index contributed by atoms with van der Waals surface area (Å²) in [6.07, 6.45) is 4.04. The summed E-state index contributed by atoms with van der Waals surface area (Å²) in [4.78, 5) is 15.2. The molecule has 3 atom stereocenters. The van der Waals surface area contributed by atoms with Crippen LogP contribution < -0.4 is 20.1 Å². The molecule has 4 rings (SSSR count). The lowest BCUT2D eigenvalue weighted by Crippen LogP contribution is -2.52. The molecular weight excluding hydrogens is 402 g/mol. The fraction of sp³-hybridized carbons (Fsp3) is 0.500. The SMILES string of the molecule is COc1ccc([C@@]23CC[C@H](NC(=O)Nc4cc(C)ccc4C)C[C@H]2N(C)CC3)cc1OC. The van der Waals surface area contributed by atoms with Crippen LogP contribution in [-0.2, 0) is 5.41 Å². The zero-order valence-electron chi connectivity index (χ0n) is 19.8. The number of hydrogen-bond donors (Lipinski definition) is 2. The van der Waals surface area contributed by atoms with E-state index in [-0.39, 0.29) is 17.5 Å². The van der Waals surface area contributed by atoms with Crippen LogP contribution in [0.2, 0.25) is 0 Å². The summed E-state index contributed by atoms with van der Waals surface area (Å²) in [5.74, 6) is 1.54. The van der Waals surface area contributed by atoms with Crippen molar-refractivity contribution in [1.29, 1.82) is 0 Å². The Morgan fingerprint density at radius 3 is 2.59 bits per heavy atom. The molecule has 2 aromatic carbocycles. The maximum absolute atomic E-state index is 12.8. The van der Waals surface area contributed by atoms with Gasteiger partial charge in [-0.3, -0.25) is 0 Å². The fourth-order valence-electron chi connectivity index (χ4n) is 5.61. The average Bonchev–Trinajstić information content (AvgIpc) is 3.13. The summed E-state index contributed by atoms with van der Waals surface area (Å²) in [6.45, 7) is 5.11. The lowest BCUT2D eigenvalue weighted by molar-refractivity contribution is 0.156. The number of benzene rings is 2. The number of urea groups is 1. The number of carbonyl (C=O) groups excluding carboxylic acids is 1. The smallest absolute Gasteiger partial charge is 0.319 e. The average molecular weight is 438 g/mol. The second kappa shape index (κ2) is 9.02. The quantitative estimate of drug-likeness (QED) is 0.716. The van der Waals surface area contributed by atoms with E-state index < -0.39 is 0 Å². The van der Waals surface area contributed by atoms with Crippen LogP contribution in [0.25, 0.3) is 0 Å². The van der Waals surface area contributed by atoms with E-state index in [1.165, 1.54) is 5.56 Å². The molecule has 1 saturated carbocycles. The molecule has 1 aliphatic carbocycles. The summed E-state index contributed by atoms with van der Waals surface area (Å²) in [5.41, 5.74) is 4.46. The molecule has 172 valence electrons. The van der Waals surface area contributed by atoms with Crippen LogP contribution in [0.3, 0.4) is 0 Å². The van der Waals surface area contributed by atoms with Gasteiger partial charge in [0, 0.05) is 23.2 Å². The van der Waals surface area contributed by atoms with Gasteiger partial charge in [0.25, 0.3) is 0 Å². The normalized spacial score (nSPS) is 25.2. The molecule has 0 radical (unpaired) electrons. The minimum atomic E-state index is -0.122. The molecular formula is C26H35N3O3. The number of nitrogens with zero attached hydrogens (tertiary/aromatic N) is 1. The highest BCUT2D eigenvalue weighted by molar-refractivity contribution is 5.90. The Bertz CT molecular complexity index is 992. The third-order valence-corrected chi connectivity index (χ3v) is 7.46. The van der Waals surface area contributed by atoms with E-state index in [9.17, 15) is 4.79 Å². The molecule has 32 heavy (non-hydrogen) atoms. The Morgan fingerprint density at radius 1 is 1.06 bits per heavy atom. The number of carbonyl (C=O) groups is 1. The minimum Gasteiger partial charge on any atom is -0.493 e. The molecule has 6 nitrogen and oxygen atoms in total. The number of likely N-dealkylation sites (N-methyl/N-ethyl adjacent to an activating group) is 1. The molecule has 1 heterocycles. The number of anilines is 1. The Morgan fingerprint density at radius 2 is 1.84 bits per heavy atom. The van der Waals surface area contributed by atoms with Gasteiger partial charge in [-0.2, -0.15) is 0 Å². The standard InChI is InChI=1S/C26H35N3O3/c1-17-6-7-18(2)21(14-17)28-25(30)27-20-10-11-26(12-13-29(3)24(26)16-20)19-8-9-22(31-4)23(15-19)32-5/h6-9,14-15,20,24H,10-13,16H2,1-5H3,(H2,27,28,30)/t20-,24+,26-/m0/s1. The first-order valence-electron chi connectivity index (χ1n) is 11.4. The third-order valence-electron chi connectivity index (χ3n) is 7.46. The molecule has 2 aromatic rings. The minimum absolute atomic E-state index is 0.0795. The van der Waals surface area contributed by atoms with Gasteiger partial charge in [0.15, 0.2) is 11.5 Å². The molecule has 0 spiro atoms. The first kappa shape index (κ1) is 22.5. The van der Waals surface area contributed by atoms with Crippen LogP contribution in [-0.4, -0.2) is 50.8 Å². The highest BCUT2D eigenvalue weighted by atomic mass is 16.5. The number of amides is 2. The van der Waals surface area contributed by atoms with E-state index in [2.05, 4.69) is 40.8 Å². The second-order valence-electron chi connectivity index (χ2n) is 9.36. The van der Waals surface area contributed by atoms with Gasteiger partial charge in [-0.15, -0.1) is 0 Å². The lowest BCUT2D eigenvalue weighted by atomic mass is 9.65. The highest BCUT2D eigenvalue weighted by Gasteiger charge is 2.50. The van der Waals surface area contributed by atoms with Crippen molar-refractivity contribution in [2.24, 2.45) is 0 Å². The molecule has 0 unspecified atom stereocenters. The molecule has 0 aromatic heterocycles. The molecule has 1 saturated heterocycles. The molecule has 6 heteroatoms. The second-order valence-corrected chi connectivity index (χ2v) is 9.36. The Hall–Kier alpha value is -2.73. The molecule has 2 aliphatic rings. The number of nitrogens with one attached hydrogen (secondary N) is 2. The Labute approximate surface area is 191 Å². The van der Waals surface area contributed by atoms with Gasteiger partial charge >= 0.3 is 6.03 Å². The van der Waals surface area contributed by atoms with Gasteiger partial charge in [-0.05, 0) is 88.0 Å². The van der Waals surface area contributed by atoms with Gasteiger partial charge in [0.2, 0.25) is 0 Å². The van der Waals surface area contributed by atoms with Gasteiger partial charge in [-0.25, -0.2) is 4.79 Å². The number of fused-ring (bicyclic) bond motifs is 1.